The van der Waals surface area contributed by atoms with Gasteiger partial charge < -0.3 is 15.1 Å². The summed E-state index contributed by atoms with van der Waals surface area (Å²) in [5.41, 5.74) is 0. The summed E-state index contributed by atoms with van der Waals surface area (Å²) in [4.78, 5) is 9.01. The molecule has 0 bridgehead atoms. The highest BCUT2D eigenvalue weighted by Crippen LogP contribution is 2.33. The van der Waals surface area contributed by atoms with Gasteiger partial charge in [-0.15, -0.1) is 0 Å². The van der Waals surface area contributed by atoms with Crippen LogP contribution in [-0.2, 0) is 0 Å². The lowest BCUT2D eigenvalue weighted by atomic mass is 9.79. The summed E-state index contributed by atoms with van der Waals surface area (Å²) >= 11 is 1.53. The molecule has 1 N–H and O–H groups in total. The summed E-state index contributed by atoms with van der Waals surface area (Å²) < 4.78 is 4.41. The maximum Gasteiger partial charge on any atom is 0.238 e. The normalized spacial score (nSPS) is 22.2. The zero-order valence-corrected chi connectivity index (χ0v) is 13.3. The van der Waals surface area contributed by atoms with Crippen molar-refractivity contribution in [1.82, 2.24) is 14.7 Å². The quantitative estimate of drug-likeness (QED) is 0.921. The third kappa shape index (κ3) is 3.06. The molecule has 0 spiro atoms. The van der Waals surface area contributed by atoms with Gasteiger partial charge in [0.2, 0.25) is 11.1 Å². The Morgan fingerprint density at radius 2 is 1.75 bits per heavy atom. The molecule has 5 nitrogen and oxygen atoms in total. The van der Waals surface area contributed by atoms with Gasteiger partial charge in [-0.05, 0) is 50.6 Å². The molecular weight excluding hydrogens is 270 g/mol. The summed E-state index contributed by atoms with van der Waals surface area (Å²) in [6.45, 7) is 4.73. The summed E-state index contributed by atoms with van der Waals surface area (Å²) in [6.07, 6.45) is 5.38. The number of hydrogen-bond acceptors (Lipinski definition) is 6. The van der Waals surface area contributed by atoms with E-state index in [4.69, 9.17) is 0 Å². The van der Waals surface area contributed by atoms with Crippen LogP contribution in [0.15, 0.2) is 0 Å². The molecule has 0 atom stereocenters. The fourth-order valence-electron chi connectivity index (χ4n) is 3.40. The van der Waals surface area contributed by atoms with Crippen molar-refractivity contribution in [3.63, 3.8) is 0 Å². The molecule has 20 heavy (non-hydrogen) atoms. The van der Waals surface area contributed by atoms with Gasteiger partial charge in [0.05, 0.1) is 0 Å². The predicted molar refractivity (Wildman–Crippen MR) is 84.8 cm³/mol. The zero-order valence-electron chi connectivity index (χ0n) is 12.5. The first-order valence-corrected chi connectivity index (χ1v) is 8.48. The van der Waals surface area contributed by atoms with E-state index in [0.29, 0.717) is 0 Å². The first-order chi connectivity index (χ1) is 9.74. The summed E-state index contributed by atoms with van der Waals surface area (Å²) in [6, 6.07) is 0. The number of anilines is 2. The zero-order chi connectivity index (χ0) is 13.9. The SMILES string of the molecule is CN(C)c1nsc(N2CCC(C3CCNCC3)CC2)n1. The van der Waals surface area contributed by atoms with Crippen LogP contribution in [0.25, 0.3) is 0 Å². The predicted octanol–water partition coefficient (Wildman–Crippen LogP) is 1.82. The van der Waals surface area contributed by atoms with Crippen LogP contribution in [0.1, 0.15) is 25.7 Å². The minimum absolute atomic E-state index is 0.838. The molecule has 1 aromatic rings. The second kappa shape index (κ2) is 6.26. The molecule has 2 aliphatic heterocycles. The van der Waals surface area contributed by atoms with Crippen molar-refractivity contribution in [2.75, 3.05) is 50.1 Å². The van der Waals surface area contributed by atoms with Crippen molar-refractivity contribution in [2.24, 2.45) is 11.8 Å². The van der Waals surface area contributed by atoms with E-state index in [-0.39, 0.29) is 0 Å². The van der Waals surface area contributed by atoms with E-state index in [0.717, 1.165) is 36.0 Å². The van der Waals surface area contributed by atoms with E-state index < -0.39 is 0 Å². The third-order valence-electron chi connectivity index (χ3n) is 4.67. The van der Waals surface area contributed by atoms with Gasteiger partial charge in [-0.1, -0.05) is 0 Å². The van der Waals surface area contributed by atoms with Crippen LogP contribution in [0, 0.1) is 11.8 Å². The molecule has 2 saturated heterocycles. The van der Waals surface area contributed by atoms with Gasteiger partial charge in [0.15, 0.2) is 0 Å². The first-order valence-electron chi connectivity index (χ1n) is 7.71. The van der Waals surface area contributed by atoms with Crippen molar-refractivity contribution in [2.45, 2.75) is 25.7 Å². The van der Waals surface area contributed by atoms with Crippen molar-refractivity contribution in [1.29, 1.82) is 0 Å². The lowest BCUT2D eigenvalue weighted by molar-refractivity contribution is 0.222. The first kappa shape index (κ1) is 14.1. The molecule has 2 aliphatic rings. The van der Waals surface area contributed by atoms with Crippen molar-refractivity contribution in [3.8, 4) is 0 Å². The molecule has 2 fully saturated rings. The smallest absolute Gasteiger partial charge is 0.238 e. The van der Waals surface area contributed by atoms with E-state index in [9.17, 15) is 0 Å². The molecule has 0 aromatic carbocycles. The molecule has 6 heteroatoms. The number of nitrogens with one attached hydrogen (secondary N) is 1. The lowest BCUT2D eigenvalue weighted by Crippen LogP contribution is -2.39. The lowest BCUT2D eigenvalue weighted by Gasteiger charge is -2.37. The number of aromatic nitrogens is 2. The summed E-state index contributed by atoms with van der Waals surface area (Å²) in [5.74, 6) is 2.71. The van der Waals surface area contributed by atoms with E-state index in [1.54, 1.807) is 0 Å². The average molecular weight is 295 g/mol. The molecule has 0 radical (unpaired) electrons. The highest BCUT2D eigenvalue weighted by atomic mass is 32.1. The number of nitrogens with zero attached hydrogens (tertiary/aromatic N) is 4. The van der Waals surface area contributed by atoms with E-state index in [1.165, 1.54) is 50.3 Å². The van der Waals surface area contributed by atoms with Crippen LogP contribution in [0.5, 0.6) is 0 Å². The van der Waals surface area contributed by atoms with Gasteiger partial charge in [-0.25, -0.2) is 0 Å². The largest absolute Gasteiger partial charge is 0.347 e. The second-order valence-electron chi connectivity index (χ2n) is 6.18. The number of hydrogen-bond donors (Lipinski definition) is 1. The summed E-state index contributed by atoms with van der Waals surface area (Å²) in [5, 5.41) is 4.56. The monoisotopic (exact) mass is 295 g/mol. The maximum atomic E-state index is 4.62. The van der Waals surface area contributed by atoms with Gasteiger partial charge in [-0.3, -0.25) is 0 Å². The van der Waals surface area contributed by atoms with Crippen LogP contribution in [-0.4, -0.2) is 49.6 Å². The van der Waals surface area contributed by atoms with Crippen LogP contribution in [0.2, 0.25) is 0 Å². The Kier molecular flexibility index (Phi) is 4.41. The van der Waals surface area contributed by atoms with Gasteiger partial charge in [0, 0.05) is 38.7 Å². The molecule has 112 valence electrons. The van der Waals surface area contributed by atoms with Crippen molar-refractivity contribution >= 4 is 22.6 Å². The van der Waals surface area contributed by atoms with Gasteiger partial charge in [-0.2, -0.15) is 9.36 Å². The third-order valence-corrected chi connectivity index (χ3v) is 5.43. The van der Waals surface area contributed by atoms with Crippen molar-refractivity contribution in [3.05, 3.63) is 0 Å². The van der Waals surface area contributed by atoms with Gasteiger partial charge in [0.1, 0.15) is 0 Å². The minimum atomic E-state index is 0.838. The van der Waals surface area contributed by atoms with Gasteiger partial charge in [0.25, 0.3) is 0 Å². The minimum Gasteiger partial charge on any atom is -0.347 e. The topological polar surface area (TPSA) is 44.3 Å². The molecule has 0 unspecified atom stereocenters. The van der Waals surface area contributed by atoms with Crippen LogP contribution >= 0.6 is 11.5 Å². The van der Waals surface area contributed by atoms with Crippen LogP contribution in [0.3, 0.4) is 0 Å². The Morgan fingerprint density at radius 1 is 1.10 bits per heavy atom. The molecule has 0 amide bonds. The second-order valence-corrected chi connectivity index (χ2v) is 6.91. The Hall–Kier alpha value is -0.880. The molecule has 0 saturated carbocycles. The standard InChI is InChI=1S/C14H25N5S/c1-18(2)13-16-14(20-17-13)19-9-5-12(6-10-19)11-3-7-15-8-4-11/h11-12,15H,3-10H2,1-2H3. The molecule has 0 aliphatic carbocycles. The van der Waals surface area contributed by atoms with E-state index in [2.05, 4.69) is 19.6 Å². The van der Waals surface area contributed by atoms with Gasteiger partial charge >= 0.3 is 0 Å². The highest BCUT2D eigenvalue weighted by molar-refractivity contribution is 7.09. The molecule has 3 heterocycles. The Balaban J connectivity index is 1.54. The number of piperidine rings is 2. The average Bonchev–Trinajstić information content (AvgIpc) is 2.98. The molecule has 3 rings (SSSR count). The van der Waals surface area contributed by atoms with Crippen LogP contribution < -0.4 is 15.1 Å². The van der Waals surface area contributed by atoms with Crippen molar-refractivity contribution < 1.29 is 0 Å². The fourth-order valence-corrected chi connectivity index (χ4v) is 4.18. The number of rotatable bonds is 3. The Morgan fingerprint density at radius 3 is 2.35 bits per heavy atom. The van der Waals surface area contributed by atoms with E-state index in [1.807, 2.05) is 19.0 Å². The molecular formula is C14H25N5S. The Bertz CT molecular complexity index is 419. The molecule has 1 aromatic heterocycles. The Labute approximate surface area is 125 Å². The highest BCUT2D eigenvalue weighted by Gasteiger charge is 2.28. The fraction of sp³-hybridized carbons (Fsp3) is 0.857. The van der Waals surface area contributed by atoms with Crippen LogP contribution in [0.4, 0.5) is 11.1 Å². The maximum absolute atomic E-state index is 4.62. The van der Waals surface area contributed by atoms with E-state index >= 15 is 0 Å². The summed E-state index contributed by atoms with van der Waals surface area (Å²) in [7, 11) is 3.99.